The van der Waals surface area contributed by atoms with E-state index in [1.165, 1.54) is 22.0 Å². The number of rotatable bonds is 7. The van der Waals surface area contributed by atoms with Gasteiger partial charge in [0.15, 0.2) is 0 Å². The number of halogens is 1. The molecule has 1 nitrogen and oxygen atoms in total. The Hall–Kier alpha value is -0.0900. The maximum atomic E-state index is 3.64. The third-order valence-electron chi connectivity index (χ3n) is 3.60. The van der Waals surface area contributed by atoms with E-state index in [1.807, 2.05) is 0 Å². The topological polar surface area (TPSA) is 12.0 Å². The van der Waals surface area contributed by atoms with E-state index >= 15 is 0 Å². The molecule has 2 unspecified atom stereocenters. The summed E-state index contributed by atoms with van der Waals surface area (Å²) in [4.78, 5) is 0. The van der Waals surface area contributed by atoms with Crippen LogP contribution in [0.4, 0.5) is 0 Å². The maximum Gasteiger partial charge on any atom is 0.0130 e. The fraction of sp³-hybridized carbons (Fsp3) is 0.625. The first-order chi connectivity index (χ1) is 8.54. The van der Waals surface area contributed by atoms with Crippen LogP contribution in [0.5, 0.6) is 0 Å². The van der Waals surface area contributed by atoms with Crippen LogP contribution in [0.1, 0.15) is 39.7 Å². The Morgan fingerprint density at radius 2 is 1.72 bits per heavy atom. The number of hydrogen-bond donors (Lipinski definition) is 1. The Kier molecular flexibility index (Phi) is 7.23. The molecule has 0 aliphatic heterocycles. The summed E-state index contributed by atoms with van der Waals surface area (Å²) in [6.07, 6.45) is 2.38. The van der Waals surface area contributed by atoms with Crippen LogP contribution >= 0.6 is 22.6 Å². The summed E-state index contributed by atoms with van der Waals surface area (Å²) in [7, 11) is 0. The molecule has 0 aliphatic carbocycles. The van der Waals surface area contributed by atoms with Gasteiger partial charge in [-0.05, 0) is 78.4 Å². The third-order valence-corrected chi connectivity index (χ3v) is 4.32. The molecule has 102 valence electrons. The largest absolute Gasteiger partial charge is 0.314 e. The summed E-state index contributed by atoms with van der Waals surface area (Å²) in [5.41, 5.74) is 1.46. The second-order valence-corrected chi connectivity index (χ2v) is 6.73. The molecule has 0 heterocycles. The van der Waals surface area contributed by atoms with Gasteiger partial charge >= 0.3 is 0 Å². The quantitative estimate of drug-likeness (QED) is 0.707. The van der Waals surface area contributed by atoms with Crippen molar-refractivity contribution in [2.24, 2.45) is 11.8 Å². The van der Waals surface area contributed by atoms with Crippen molar-refractivity contribution in [2.45, 2.75) is 46.6 Å². The molecule has 0 aromatic heterocycles. The minimum atomic E-state index is 0.587. The minimum absolute atomic E-state index is 0.587. The second kappa shape index (κ2) is 8.16. The molecular weight excluding hydrogens is 333 g/mol. The SMILES string of the molecule is CCCNC(C)C(Cc1ccc(I)cc1)C(C)C. The van der Waals surface area contributed by atoms with E-state index in [2.05, 4.69) is 79.9 Å². The smallest absolute Gasteiger partial charge is 0.0130 e. The van der Waals surface area contributed by atoms with Gasteiger partial charge in [0.1, 0.15) is 0 Å². The lowest BCUT2D eigenvalue weighted by Gasteiger charge is -2.28. The second-order valence-electron chi connectivity index (χ2n) is 5.48. The first-order valence-corrected chi connectivity index (χ1v) is 8.10. The Balaban J connectivity index is 2.65. The minimum Gasteiger partial charge on any atom is -0.314 e. The molecule has 18 heavy (non-hydrogen) atoms. The fourth-order valence-electron chi connectivity index (χ4n) is 2.41. The summed E-state index contributed by atoms with van der Waals surface area (Å²) >= 11 is 2.36. The Labute approximate surface area is 126 Å². The summed E-state index contributed by atoms with van der Waals surface area (Å²) in [5, 5.41) is 3.64. The Bertz CT molecular complexity index is 331. The van der Waals surface area contributed by atoms with E-state index in [0.29, 0.717) is 17.9 Å². The van der Waals surface area contributed by atoms with Crippen LogP contribution in [-0.4, -0.2) is 12.6 Å². The Morgan fingerprint density at radius 3 is 2.22 bits per heavy atom. The summed E-state index contributed by atoms with van der Waals surface area (Å²) in [5.74, 6) is 1.42. The van der Waals surface area contributed by atoms with Gasteiger partial charge in [-0.1, -0.05) is 32.9 Å². The van der Waals surface area contributed by atoms with Crippen LogP contribution in [0.25, 0.3) is 0 Å². The van der Waals surface area contributed by atoms with Crippen molar-refractivity contribution in [3.63, 3.8) is 0 Å². The maximum absolute atomic E-state index is 3.64. The van der Waals surface area contributed by atoms with Crippen LogP contribution in [0.2, 0.25) is 0 Å². The van der Waals surface area contributed by atoms with Gasteiger partial charge in [-0.25, -0.2) is 0 Å². The average molecular weight is 359 g/mol. The van der Waals surface area contributed by atoms with Crippen LogP contribution in [0.15, 0.2) is 24.3 Å². The first kappa shape index (κ1) is 16.0. The molecule has 2 atom stereocenters. The molecule has 0 bridgehead atoms. The monoisotopic (exact) mass is 359 g/mol. The summed E-state index contributed by atoms with van der Waals surface area (Å²) < 4.78 is 1.31. The van der Waals surface area contributed by atoms with Crippen molar-refractivity contribution in [2.75, 3.05) is 6.54 Å². The molecule has 0 saturated heterocycles. The summed E-state index contributed by atoms with van der Waals surface area (Å²) in [6.45, 7) is 10.3. The summed E-state index contributed by atoms with van der Waals surface area (Å²) in [6, 6.07) is 9.53. The van der Waals surface area contributed by atoms with Gasteiger partial charge in [0.05, 0.1) is 0 Å². The van der Waals surface area contributed by atoms with E-state index in [9.17, 15) is 0 Å². The van der Waals surface area contributed by atoms with Gasteiger partial charge in [0.25, 0.3) is 0 Å². The van der Waals surface area contributed by atoms with Gasteiger partial charge in [-0.3, -0.25) is 0 Å². The fourth-order valence-corrected chi connectivity index (χ4v) is 2.77. The lowest BCUT2D eigenvalue weighted by molar-refractivity contribution is 0.289. The Morgan fingerprint density at radius 1 is 1.11 bits per heavy atom. The molecule has 0 aliphatic rings. The first-order valence-electron chi connectivity index (χ1n) is 7.02. The molecule has 0 radical (unpaired) electrons. The van der Waals surface area contributed by atoms with E-state index in [4.69, 9.17) is 0 Å². The predicted octanol–water partition coefficient (Wildman–Crippen LogP) is 4.49. The van der Waals surface area contributed by atoms with Gasteiger partial charge in [-0.2, -0.15) is 0 Å². The van der Waals surface area contributed by atoms with Crippen LogP contribution in [0, 0.1) is 15.4 Å². The highest BCUT2D eigenvalue weighted by atomic mass is 127. The van der Waals surface area contributed by atoms with Crippen LogP contribution in [-0.2, 0) is 6.42 Å². The number of benzene rings is 1. The molecule has 0 amide bonds. The van der Waals surface area contributed by atoms with Crippen molar-refractivity contribution in [3.8, 4) is 0 Å². The standard InChI is InChI=1S/C16H26IN/c1-5-10-18-13(4)16(12(2)3)11-14-6-8-15(17)9-7-14/h6-9,12-13,16,18H,5,10-11H2,1-4H3. The molecule has 0 saturated carbocycles. The van der Waals surface area contributed by atoms with E-state index in [-0.39, 0.29) is 0 Å². The molecule has 1 aromatic carbocycles. The highest BCUT2D eigenvalue weighted by molar-refractivity contribution is 14.1. The van der Waals surface area contributed by atoms with Gasteiger partial charge < -0.3 is 5.32 Å². The average Bonchev–Trinajstić information content (AvgIpc) is 2.34. The van der Waals surface area contributed by atoms with Crippen molar-refractivity contribution < 1.29 is 0 Å². The molecule has 0 spiro atoms. The molecule has 1 aromatic rings. The van der Waals surface area contributed by atoms with Crippen LogP contribution in [0.3, 0.4) is 0 Å². The lowest BCUT2D eigenvalue weighted by atomic mass is 9.84. The zero-order valence-corrected chi connectivity index (χ0v) is 14.2. The predicted molar refractivity (Wildman–Crippen MR) is 88.9 cm³/mol. The zero-order chi connectivity index (χ0) is 13.5. The van der Waals surface area contributed by atoms with Crippen molar-refractivity contribution in [1.82, 2.24) is 5.32 Å². The molecular formula is C16H26IN. The number of nitrogens with one attached hydrogen (secondary N) is 1. The molecule has 0 fully saturated rings. The lowest BCUT2D eigenvalue weighted by Crippen LogP contribution is -2.37. The van der Waals surface area contributed by atoms with Gasteiger partial charge in [-0.15, -0.1) is 0 Å². The molecule has 1 N–H and O–H groups in total. The van der Waals surface area contributed by atoms with Crippen molar-refractivity contribution in [3.05, 3.63) is 33.4 Å². The highest BCUT2D eigenvalue weighted by Gasteiger charge is 2.20. The van der Waals surface area contributed by atoms with E-state index in [0.717, 1.165) is 6.54 Å². The highest BCUT2D eigenvalue weighted by Crippen LogP contribution is 2.21. The van der Waals surface area contributed by atoms with E-state index < -0.39 is 0 Å². The molecule has 2 heteroatoms. The van der Waals surface area contributed by atoms with Crippen molar-refractivity contribution >= 4 is 22.6 Å². The van der Waals surface area contributed by atoms with Crippen LogP contribution < -0.4 is 5.32 Å². The molecule has 1 rings (SSSR count). The van der Waals surface area contributed by atoms with Gasteiger partial charge in [0, 0.05) is 9.61 Å². The van der Waals surface area contributed by atoms with E-state index in [1.54, 1.807) is 0 Å². The van der Waals surface area contributed by atoms with Crippen molar-refractivity contribution in [1.29, 1.82) is 0 Å². The van der Waals surface area contributed by atoms with Gasteiger partial charge in [0.2, 0.25) is 0 Å². The third kappa shape index (κ3) is 5.27. The normalized spacial score (nSPS) is 14.8. The zero-order valence-electron chi connectivity index (χ0n) is 12.0. The number of hydrogen-bond acceptors (Lipinski definition) is 1.